The summed E-state index contributed by atoms with van der Waals surface area (Å²) in [6.07, 6.45) is 6.09. The van der Waals surface area contributed by atoms with Gasteiger partial charge in [0.1, 0.15) is 6.26 Å². The molecule has 1 fully saturated rings. The summed E-state index contributed by atoms with van der Waals surface area (Å²) in [7, 11) is 0. The standard InChI is InChI=1S/C13H20N2O2/c1-9(2)12(16)15(11-6-4-5-7-11)13-14-10(3)8-17-13/h8-9,11H,4-7H2,1-3H3. The molecule has 17 heavy (non-hydrogen) atoms. The summed E-state index contributed by atoms with van der Waals surface area (Å²) in [6.45, 7) is 5.71. The fourth-order valence-electron chi connectivity index (χ4n) is 2.32. The predicted octanol–water partition coefficient (Wildman–Crippen LogP) is 2.91. The average molecular weight is 236 g/mol. The van der Waals surface area contributed by atoms with E-state index < -0.39 is 0 Å². The van der Waals surface area contributed by atoms with Crippen molar-refractivity contribution < 1.29 is 9.21 Å². The van der Waals surface area contributed by atoms with Crippen molar-refractivity contribution in [3.63, 3.8) is 0 Å². The van der Waals surface area contributed by atoms with Crippen molar-refractivity contribution in [2.45, 2.75) is 52.5 Å². The lowest BCUT2D eigenvalue weighted by atomic mass is 10.1. The second-order valence-electron chi connectivity index (χ2n) is 5.07. The van der Waals surface area contributed by atoms with Crippen LogP contribution in [0.4, 0.5) is 6.01 Å². The zero-order chi connectivity index (χ0) is 12.4. The maximum Gasteiger partial charge on any atom is 0.304 e. The van der Waals surface area contributed by atoms with Crippen molar-refractivity contribution in [3.8, 4) is 0 Å². The Balaban J connectivity index is 2.26. The second kappa shape index (κ2) is 4.90. The molecule has 1 saturated carbocycles. The molecule has 0 N–H and O–H groups in total. The summed E-state index contributed by atoms with van der Waals surface area (Å²) >= 11 is 0. The Morgan fingerprint density at radius 3 is 2.59 bits per heavy atom. The Bertz CT molecular complexity index is 392. The number of aryl methyl sites for hydroxylation is 1. The van der Waals surface area contributed by atoms with E-state index in [-0.39, 0.29) is 17.9 Å². The Morgan fingerprint density at radius 1 is 1.47 bits per heavy atom. The summed E-state index contributed by atoms with van der Waals surface area (Å²) in [5.41, 5.74) is 0.819. The molecular formula is C13H20N2O2. The zero-order valence-electron chi connectivity index (χ0n) is 10.8. The van der Waals surface area contributed by atoms with Crippen LogP contribution in [0.2, 0.25) is 0 Å². The molecule has 0 spiro atoms. The van der Waals surface area contributed by atoms with Crippen molar-refractivity contribution in [2.24, 2.45) is 5.92 Å². The smallest absolute Gasteiger partial charge is 0.304 e. The number of amides is 1. The molecule has 1 amide bonds. The fourth-order valence-corrected chi connectivity index (χ4v) is 2.32. The summed E-state index contributed by atoms with van der Waals surface area (Å²) < 4.78 is 5.40. The summed E-state index contributed by atoms with van der Waals surface area (Å²) in [5, 5.41) is 0. The van der Waals surface area contributed by atoms with Gasteiger partial charge in [-0.05, 0) is 19.8 Å². The van der Waals surface area contributed by atoms with Gasteiger partial charge < -0.3 is 4.42 Å². The third-order valence-corrected chi connectivity index (χ3v) is 3.23. The number of nitrogens with zero attached hydrogens (tertiary/aromatic N) is 2. The monoisotopic (exact) mass is 236 g/mol. The molecule has 0 radical (unpaired) electrons. The molecule has 1 aliphatic rings. The topological polar surface area (TPSA) is 46.3 Å². The predicted molar refractivity (Wildman–Crippen MR) is 65.8 cm³/mol. The van der Waals surface area contributed by atoms with E-state index in [2.05, 4.69) is 4.98 Å². The van der Waals surface area contributed by atoms with Crippen LogP contribution >= 0.6 is 0 Å². The van der Waals surface area contributed by atoms with E-state index in [1.165, 1.54) is 12.8 Å². The number of rotatable bonds is 3. The number of oxazole rings is 1. The normalized spacial score (nSPS) is 16.7. The van der Waals surface area contributed by atoms with Crippen molar-refractivity contribution in [1.82, 2.24) is 4.98 Å². The molecule has 1 aliphatic carbocycles. The minimum Gasteiger partial charge on any atom is -0.431 e. The zero-order valence-corrected chi connectivity index (χ0v) is 10.8. The van der Waals surface area contributed by atoms with Gasteiger partial charge in [-0.3, -0.25) is 9.69 Å². The SMILES string of the molecule is Cc1coc(N(C(=O)C(C)C)C2CCCC2)n1. The van der Waals surface area contributed by atoms with Crippen LogP contribution in [0, 0.1) is 12.8 Å². The van der Waals surface area contributed by atoms with E-state index in [0.717, 1.165) is 18.5 Å². The largest absolute Gasteiger partial charge is 0.431 e. The van der Waals surface area contributed by atoms with Crippen LogP contribution in [-0.2, 0) is 4.79 Å². The molecule has 0 saturated heterocycles. The second-order valence-corrected chi connectivity index (χ2v) is 5.07. The van der Waals surface area contributed by atoms with Gasteiger partial charge in [0.2, 0.25) is 5.91 Å². The summed E-state index contributed by atoms with van der Waals surface area (Å²) in [5.74, 6) is 0.0848. The maximum absolute atomic E-state index is 12.3. The Labute approximate surface area is 102 Å². The average Bonchev–Trinajstić information content (AvgIpc) is 2.90. The molecule has 0 bridgehead atoms. The molecular weight excluding hydrogens is 216 g/mol. The molecule has 4 heteroatoms. The van der Waals surface area contributed by atoms with Crippen molar-refractivity contribution in [2.75, 3.05) is 4.90 Å². The summed E-state index contributed by atoms with van der Waals surface area (Å²) in [6, 6.07) is 0.732. The van der Waals surface area contributed by atoms with Gasteiger partial charge in [-0.1, -0.05) is 26.7 Å². The number of aromatic nitrogens is 1. The molecule has 0 aliphatic heterocycles. The van der Waals surface area contributed by atoms with Crippen LogP contribution in [0.1, 0.15) is 45.2 Å². The molecule has 1 aromatic heterocycles. The number of carbonyl (C=O) groups is 1. The van der Waals surface area contributed by atoms with Crippen LogP contribution in [0.25, 0.3) is 0 Å². The molecule has 94 valence electrons. The quantitative estimate of drug-likeness (QED) is 0.810. The molecule has 2 rings (SSSR count). The van der Waals surface area contributed by atoms with Gasteiger partial charge in [-0.15, -0.1) is 0 Å². The van der Waals surface area contributed by atoms with Gasteiger partial charge >= 0.3 is 6.01 Å². The Kier molecular flexibility index (Phi) is 3.50. The first kappa shape index (κ1) is 12.1. The Morgan fingerprint density at radius 2 is 2.12 bits per heavy atom. The lowest BCUT2D eigenvalue weighted by Crippen LogP contribution is -2.41. The van der Waals surface area contributed by atoms with Crippen LogP contribution in [0.15, 0.2) is 10.7 Å². The van der Waals surface area contributed by atoms with Gasteiger partial charge in [0.25, 0.3) is 0 Å². The van der Waals surface area contributed by atoms with Crippen LogP contribution in [0.3, 0.4) is 0 Å². The third kappa shape index (κ3) is 2.51. The lowest BCUT2D eigenvalue weighted by molar-refractivity contribution is -0.122. The lowest BCUT2D eigenvalue weighted by Gasteiger charge is -2.26. The highest BCUT2D eigenvalue weighted by Gasteiger charge is 2.32. The van der Waals surface area contributed by atoms with E-state index in [0.29, 0.717) is 6.01 Å². The highest BCUT2D eigenvalue weighted by molar-refractivity contribution is 5.93. The minimum absolute atomic E-state index is 0.0252. The third-order valence-electron chi connectivity index (χ3n) is 3.23. The first-order valence-electron chi connectivity index (χ1n) is 6.35. The molecule has 0 unspecified atom stereocenters. The maximum atomic E-state index is 12.3. The van der Waals surface area contributed by atoms with Crippen molar-refractivity contribution in [3.05, 3.63) is 12.0 Å². The summed E-state index contributed by atoms with van der Waals surface area (Å²) in [4.78, 5) is 18.3. The van der Waals surface area contributed by atoms with Crippen LogP contribution in [-0.4, -0.2) is 16.9 Å². The first-order chi connectivity index (χ1) is 8.09. The number of hydrogen-bond donors (Lipinski definition) is 0. The first-order valence-corrected chi connectivity index (χ1v) is 6.35. The fraction of sp³-hybridized carbons (Fsp3) is 0.692. The molecule has 1 heterocycles. The highest BCUT2D eigenvalue weighted by atomic mass is 16.4. The van der Waals surface area contributed by atoms with Gasteiger partial charge in [-0.25, -0.2) is 0 Å². The number of hydrogen-bond acceptors (Lipinski definition) is 3. The molecule has 0 aromatic carbocycles. The van der Waals surface area contributed by atoms with E-state index >= 15 is 0 Å². The molecule has 4 nitrogen and oxygen atoms in total. The number of anilines is 1. The number of carbonyl (C=O) groups excluding carboxylic acids is 1. The van der Waals surface area contributed by atoms with E-state index in [4.69, 9.17) is 4.42 Å². The van der Waals surface area contributed by atoms with Gasteiger partial charge in [-0.2, -0.15) is 4.98 Å². The van der Waals surface area contributed by atoms with E-state index in [1.807, 2.05) is 20.8 Å². The van der Waals surface area contributed by atoms with Crippen molar-refractivity contribution >= 4 is 11.9 Å². The van der Waals surface area contributed by atoms with Gasteiger partial charge in [0.05, 0.1) is 5.69 Å². The molecule has 1 aromatic rings. The highest BCUT2D eigenvalue weighted by Crippen LogP contribution is 2.29. The van der Waals surface area contributed by atoms with E-state index in [9.17, 15) is 4.79 Å². The molecule has 0 atom stereocenters. The van der Waals surface area contributed by atoms with Crippen LogP contribution in [0.5, 0.6) is 0 Å². The van der Waals surface area contributed by atoms with Gasteiger partial charge in [0, 0.05) is 12.0 Å². The van der Waals surface area contributed by atoms with E-state index in [1.54, 1.807) is 11.2 Å². The van der Waals surface area contributed by atoms with Crippen molar-refractivity contribution in [1.29, 1.82) is 0 Å². The minimum atomic E-state index is -0.0252. The van der Waals surface area contributed by atoms with Gasteiger partial charge in [0.15, 0.2) is 0 Å². The Hall–Kier alpha value is -1.32. The van der Waals surface area contributed by atoms with Crippen LogP contribution < -0.4 is 4.90 Å².